The number of benzene rings is 1. The fourth-order valence-corrected chi connectivity index (χ4v) is 2.13. The van der Waals surface area contributed by atoms with E-state index in [1.807, 2.05) is 0 Å². The fourth-order valence-electron chi connectivity index (χ4n) is 2.13. The van der Waals surface area contributed by atoms with Gasteiger partial charge in [0.15, 0.2) is 0 Å². The lowest BCUT2D eigenvalue weighted by Crippen LogP contribution is -2.20. The zero-order chi connectivity index (χ0) is 10.5. The molecule has 0 bridgehead atoms. The van der Waals surface area contributed by atoms with Crippen LogP contribution in [0.2, 0.25) is 0 Å². The minimum absolute atomic E-state index is 0.566. The second-order valence-corrected chi connectivity index (χ2v) is 4.54. The lowest BCUT2D eigenvalue weighted by molar-refractivity contribution is 0.482. The molecule has 1 aromatic rings. The van der Waals surface area contributed by atoms with Gasteiger partial charge in [-0.1, -0.05) is 50.1 Å². The predicted octanol–water partition coefficient (Wildman–Crippen LogP) is 3.53. The highest BCUT2D eigenvalue weighted by Gasteiger charge is 2.22. The van der Waals surface area contributed by atoms with Crippen LogP contribution in [-0.2, 0) is 0 Å². The average molecular weight is 203 g/mol. The van der Waals surface area contributed by atoms with Gasteiger partial charge in [-0.05, 0) is 30.9 Å². The fraction of sp³-hybridized carbons (Fsp3) is 0.571. The van der Waals surface area contributed by atoms with Gasteiger partial charge in [0.05, 0.1) is 0 Å². The molecule has 1 unspecified atom stereocenters. The maximum atomic E-state index is 3.58. The SMILES string of the molecule is CCNC(CCC1CC1)c1ccccc1. The van der Waals surface area contributed by atoms with Crippen molar-refractivity contribution in [3.63, 3.8) is 0 Å². The second-order valence-electron chi connectivity index (χ2n) is 4.54. The van der Waals surface area contributed by atoms with Crippen LogP contribution in [0.1, 0.15) is 44.2 Å². The van der Waals surface area contributed by atoms with Crippen molar-refractivity contribution in [3.05, 3.63) is 35.9 Å². The smallest absolute Gasteiger partial charge is 0.0320 e. The van der Waals surface area contributed by atoms with Crippen LogP contribution in [0.15, 0.2) is 30.3 Å². The first-order valence-electron chi connectivity index (χ1n) is 6.18. The molecule has 1 fully saturated rings. The van der Waals surface area contributed by atoms with Crippen molar-refractivity contribution in [2.24, 2.45) is 5.92 Å². The van der Waals surface area contributed by atoms with Crippen molar-refractivity contribution in [1.82, 2.24) is 5.32 Å². The van der Waals surface area contributed by atoms with Gasteiger partial charge >= 0.3 is 0 Å². The molecule has 1 aromatic carbocycles. The van der Waals surface area contributed by atoms with E-state index in [1.165, 1.54) is 31.2 Å². The average Bonchev–Trinajstić information content (AvgIpc) is 3.09. The van der Waals surface area contributed by atoms with Crippen LogP contribution in [0.5, 0.6) is 0 Å². The van der Waals surface area contributed by atoms with Crippen LogP contribution in [0.25, 0.3) is 0 Å². The van der Waals surface area contributed by atoms with Gasteiger partial charge in [0.1, 0.15) is 0 Å². The number of nitrogens with one attached hydrogen (secondary N) is 1. The standard InChI is InChI=1S/C14H21N/c1-2-15-14(11-10-12-8-9-12)13-6-4-3-5-7-13/h3-7,12,14-15H,2,8-11H2,1H3. The Balaban J connectivity index is 1.91. The molecule has 0 amide bonds. The number of hydrogen-bond acceptors (Lipinski definition) is 1. The molecule has 1 aliphatic rings. The molecule has 0 heterocycles. The molecule has 1 nitrogen and oxygen atoms in total. The van der Waals surface area contributed by atoms with E-state index in [-0.39, 0.29) is 0 Å². The Labute approximate surface area is 92.9 Å². The van der Waals surface area contributed by atoms with E-state index in [0.29, 0.717) is 6.04 Å². The summed E-state index contributed by atoms with van der Waals surface area (Å²) in [5.41, 5.74) is 1.44. The highest BCUT2D eigenvalue weighted by atomic mass is 14.9. The summed E-state index contributed by atoms with van der Waals surface area (Å²) < 4.78 is 0. The van der Waals surface area contributed by atoms with Gasteiger partial charge in [0, 0.05) is 6.04 Å². The molecule has 82 valence electrons. The summed E-state index contributed by atoms with van der Waals surface area (Å²) in [7, 11) is 0. The van der Waals surface area contributed by atoms with Gasteiger partial charge < -0.3 is 5.32 Å². The minimum Gasteiger partial charge on any atom is -0.310 e. The molecule has 0 aromatic heterocycles. The summed E-state index contributed by atoms with van der Waals surface area (Å²) >= 11 is 0. The zero-order valence-electron chi connectivity index (χ0n) is 9.58. The molecular weight excluding hydrogens is 182 g/mol. The summed E-state index contributed by atoms with van der Waals surface area (Å²) in [5, 5.41) is 3.58. The quantitative estimate of drug-likeness (QED) is 0.746. The molecule has 2 rings (SSSR count). The summed E-state index contributed by atoms with van der Waals surface area (Å²) in [5.74, 6) is 1.04. The van der Waals surface area contributed by atoms with E-state index >= 15 is 0 Å². The van der Waals surface area contributed by atoms with E-state index in [4.69, 9.17) is 0 Å². The number of rotatable bonds is 6. The molecule has 0 saturated heterocycles. The highest BCUT2D eigenvalue weighted by Crippen LogP contribution is 2.35. The van der Waals surface area contributed by atoms with Crippen molar-refractivity contribution in [2.75, 3.05) is 6.54 Å². The van der Waals surface area contributed by atoms with Gasteiger partial charge in [-0.15, -0.1) is 0 Å². The Morgan fingerprint density at radius 1 is 1.27 bits per heavy atom. The summed E-state index contributed by atoms with van der Waals surface area (Å²) in [6.07, 6.45) is 5.62. The van der Waals surface area contributed by atoms with Crippen molar-refractivity contribution < 1.29 is 0 Å². The lowest BCUT2D eigenvalue weighted by Gasteiger charge is -2.18. The zero-order valence-corrected chi connectivity index (χ0v) is 9.58. The Kier molecular flexibility index (Phi) is 3.79. The van der Waals surface area contributed by atoms with E-state index in [9.17, 15) is 0 Å². The third-order valence-electron chi connectivity index (χ3n) is 3.21. The van der Waals surface area contributed by atoms with Crippen molar-refractivity contribution in [2.45, 2.75) is 38.6 Å². The van der Waals surface area contributed by atoms with Crippen LogP contribution >= 0.6 is 0 Å². The molecule has 15 heavy (non-hydrogen) atoms. The van der Waals surface area contributed by atoms with Crippen LogP contribution in [-0.4, -0.2) is 6.54 Å². The van der Waals surface area contributed by atoms with Crippen molar-refractivity contribution in [1.29, 1.82) is 0 Å². The van der Waals surface area contributed by atoms with Gasteiger partial charge in [0.2, 0.25) is 0 Å². The van der Waals surface area contributed by atoms with Crippen LogP contribution < -0.4 is 5.32 Å². The monoisotopic (exact) mass is 203 g/mol. The Bertz CT molecular complexity index is 277. The minimum atomic E-state index is 0.566. The molecular formula is C14H21N. The first-order valence-corrected chi connectivity index (χ1v) is 6.18. The predicted molar refractivity (Wildman–Crippen MR) is 64.8 cm³/mol. The van der Waals surface area contributed by atoms with E-state index in [2.05, 4.69) is 42.6 Å². The summed E-state index contributed by atoms with van der Waals surface area (Å²) in [6.45, 7) is 3.25. The van der Waals surface area contributed by atoms with Gasteiger partial charge in [-0.3, -0.25) is 0 Å². The van der Waals surface area contributed by atoms with Crippen LogP contribution in [0.3, 0.4) is 0 Å². The molecule has 0 radical (unpaired) electrons. The van der Waals surface area contributed by atoms with Gasteiger partial charge in [0.25, 0.3) is 0 Å². The normalized spacial score (nSPS) is 17.7. The molecule has 0 spiro atoms. The Morgan fingerprint density at radius 2 is 2.00 bits per heavy atom. The van der Waals surface area contributed by atoms with Crippen molar-refractivity contribution >= 4 is 0 Å². The number of hydrogen-bond donors (Lipinski definition) is 1. The van der Waals surface area contributed by atoms with Gasteiger partial charge in [-0.2, -0.15) is 0 Å². The third kappa shape index (κ3) is 3.35. The molecule has 1 N–H and O–H groups in total. The molecule has 1 heteroatoms. The molecule has 0 aliphatic heterocycles. The largest absolute Gasteiger partial charge is 0.310 e. The van der Waals surface area contributed by atoms with Crippen molar-refractivity contribution in [3.8, 4) is 0 Å². The third-order valence-corrected chi connectivity index (χ3v) is 3.21. The lowest BCUT2D eigenvalue weighted by atomic mass is 10.0. The van der Waals surface area contributed by atoms with Crippen LogP contribution in [0.4, 0.5) is 0 Å². The van der Waals surface area contributed by atoms with E-state index < -0.39 is 0 Å². The summed E-state index contributed by atoms with van der Waals surface area (Å²) in [4.78, 5) is 0. The Morgan fingerprint density at radius 3 is 2.60 bits per heavy atom. The maximum Gasteiger partial charge on any atom is 0.0320 e. The maximum absolute atomic E-state index is 3.58. The highest BCUT2D eigenvalue weighted by molar-refractivity contribution is 5.18. The summed E-state index contributed by atoms with van der Waals surface area (Å²) in [6, 6.07) is 11.4. The molecule has 1 atom stereocenters. The van der Waals surface area contributed by atoms with Crippen LogP contribution in [0, 0.1) is 5.92 Å². The second kappa shape index (κ2) is 5.32. The first kappa shape index (κ1) is 10.7. The Hall–Kier alpha value is -0.820. The topological polar surface area (TPSA) is 12.0 Å². The van der Waals surface area contributed by atoms with Gasteiger partial charge in [-0.25, -0.2) is 0 Å². The van der Waals surface area contributed by atoms with E-state index in [0.717, 1.165) is 12.5 Å². The molecule has 1 aliphatic carbocycles. The molecule has 1 saturated carbocycles. The first-order chi connectivity index (χ1) is 7.40. The van der Waals surface area contributed by atoms with E-state index in [1.54, 1.807) is 0 Å².